The fourth-order valence-corrected chi connectivity index (χ4v) is 2.91. The Morgan fingerprint density at radius 2 is 1.62 bits per heavy atom. The molecule has 0 bridgehead atoms. The molecule has 1 aliphatic carbocycles. The Morgan fingerprint density at radius 3 is 2.12 bits per heavy atom. The van der Waals surface area contributed by atoms with Crippen LogP contribution in [0.1, 0.15) is 25.7 Å². The van der Waals surface area contributed by atoms with E-state index < -0.39 is 0 Å². The van der Waals surface area contributed by atoms with Gasteiger partial charge in [0.1, 0.15) is 0 Å². The van der Waals surface area contributed by atoms with E-state index in [-0.39, 0.29) is 11.8 Å². The lowest BCUT2D eigenvalue weighted by Crippen LogP contribution is -2.50. The lowest BCUT2D eigenvalue weighted by atomic mass is 9.85. The molecule has 2 fully saturated rings. The van der Waals surface area contributed by atoms with Crippen LogP contribution in [0.4, 0.5) is 0 Å². The minimum Gasteiger partial charge on any atom is -0.369 e. The summed E-state index contributed by atoms with van der Waals surface area (Å²) in [6.45, 7) is 4.72. The zero-order chi connectivity index (χ0) is 11.5. The quantitative estimate of drug-likeness (QED) is 0.734. The van der Waals surface area contributed by atoms with Gasteiger partial charge in [-0.3, -0.25) is 9.69 Å². The maximum absolute atomic E-state index is 11.1. The van der Waals surface area contributed by atoms with Crippen molar-refractivity contribution in [2.45, 2.75) is 31.7 Å². The van der Waals surface area contributed by atoms with Crippen LogP contribution in [-0.4, -0.2) is 55.0 Å². The van der Waals surface area contributed by atoms with E-state index >= 15 is 0 Å². The summed E-state index contributed by atoms with van der Waals surface area (Å²) in [7, 11) is 2.18. The van der Waals surface area contributed by atoms with Gasteiger partial charge in [-0.25, -0.2) is 0 Å². The van der Waals surface area contributed by atoms with Crippen LogP contribution in [0.5, 0.6) is 0 Å². The zero-order valence-corrected chi connectivity index (χ0v) is 10.2. The Hall–Kier alpha value is -0.610. The Bertz CT molecular complexity index is 241. The lowest BCUT2D eigenvalue weighted by Gasteiger charge is -2.40. The highest BCUT2D eigenvalue weighted by atomic mass is 16.1. The zero-order valence-electron chi connectivity index (χ0n) is 10.2. The molecule has 16 heavy (non-hydrogen) atoms. The van der Waals surface area contributed by atoms with Crippen LogP contribution in [-0.2, 0) is 4.79 Å². The van der Waals surface area contributed by atoms with Gasteiger partial charge in [0, 0.05) is 38.1 Å². The van der Waals surface area contributed by atoms with Crippen molar-refractivity contribution >= 4 is 5.91 Å². The Labute approximate surface area is 97.8 Å². The van der Waals surface area contributed by atoms with Crippen molar-refractivity contribution in [1.82, 2.24) is 9.80 Å². The predicted octanol–water partition coefficient (Wildman–Crippen LogP) is 0.278. The molecule has 0 radical (unpaired) electrons. The summed E-state index contributed by atoms with van der Waals surface area (Å²) in [5.41, 5.74) is 5.35. The molecule has 0 aromatic carbocycles. The van der Waals surface area contributed by atoms with E-state index in [0.717, 1.165) is 25.7 Å². The molecule has 2 aliphatic rings. The molecule has 2 N–H and O–H groups in total. The van der Waals surface area contributed by atoms with Crippen molar-refractivity contribution < 1.29 is 4.79 Å². The number of primary amides is 1. The van der Waals surface area contributed by atoms with Crippen molar-refractivity contribution in [2.24, 2.45) is 11.7 Å². The van der Waals surface area contributed by atoms with Crippen LogP contribution in [0.15, 0.2) is 0 Å². The fraction of sp³-hybridized carbons (Fsp3) is 0.917. The first-order chi connectivity index (χ1) is 7.66. The Balaban J connectivity index is 1.78. The highest BCUT2D eigenvalue weighted by molar-refractivity contribution is 5.76. The molecule has 0 unspecified atom stereocenters. The molecule has 1 aliphatic heterocycles. The normalized spacial score (nSPS) is 33.8. The van der Waals surface area contributed by atoms with Gasteiger partial charge in [-0.05, 0) is 32.7 Å². The van der Waals surface area contributed by atoms with Gasteiger partial charge in [0.2, 0.25) is 5.91 Å². The summed E-state index contributed by atoms with van der Waals surface area (Å²) in [5, 5.41) is 0. The van der Waals surface area contributed by atoms with E-state index in [9.17, 15) is 4.79 Å². The average molecular weight is 225 g/mol. The van der Waals surface area contributed by atoms with Gasteiger partial charge in [0.25, 0.3) is 0 Å². The number of piperazine rings is 1. The molecule has 1 saturated heterocycles. The first-order valence-electron chi connectivity index (χ1n) is 6.38. The molecule has 1 amide bonds. The lowest BCUT2D eigenvalue weighted by molar-refractivity contribution is -0.123. The topological polar surface area (TPSA) is 49.6 Å². The van der Waals surface area contributed by atoms with E-state index in [1.807, 2.05) is 0 Å². The second kappa shape index (κ2) is 5.15. The van der Waals surface area contributed by atoms with Gasteiger partial charge in [0.05, 0.1) is 0 Å². The summed E-state index contributed by atoms with van der Waals surface area (Å²) in [4.78, 5) is 16.1. The molecular formula is C12H23N3O. The van der Waals surface area contributed by atoms with Gasteiger partial charge in [-0.1, -0.05) is 0 Å². The monoisotopic (exact) mass is 225 g/mol. The van der Waals surface area contributed by atoms with E-state index in [1.165, 1.54) is 26.2 Å². The molecule has 0 aromatic heterocycles. The highest BCUT2D eigenvalue weighted by Crippen LogP contribution is 2.27. The number of carbonyl (C=O) groups is 1. The molecule has 1 saturated carbocycles. The molecule has 0 atom stereocenters. The standard InChI is InChI=1S/C12H23N3O/c1-14-6-8-15(9-7-14)11-4-2-10(3-5-11)12(13)16/h10-11H,2-9H2,1H3,(H2,13,16). The van der Waals surface area contributed by atoms with E-state index in [4.69, 9.17) is 5.73 Å². The number of carbonyl (C=O) groups excluding carboxylic acids is 1. The van der Waals surface area contributed by atoms with Crippen LogP contribution in [0, 0.1) is 5.92 Å². The van der Waals surface area contributed by atoms with Crippen molar-refractivity contribution in [3.05, 3.63) is 0 Å². The van der Waals surface area contributed by atoms with Crippen molar-refractivity contribution in [3.8, 4) is 0 Å². The number of nitrogens with two attached hydrogens (primary N) is 1. The second-order valence-electron chi connectivity index (χ2n) is 5.25. The summed E-state index contributed by atoms with van der Waals surface area (Å²) in [6, 6.07) is 0.698. The van der Waals surface area contributed by atoms with Gasteiger partial charge in [-0.2, -0.15) is 0 Å². The second-order valence-corrected chi connectivity index (χ2v) is 5.25. The van der Waals surface area contributed by atoms with Crippen LogP contribution >= 0.6 is 0 Å². The molecule has 92 valence electrons. The number of likely N-dealkylation sites (N-methyl/N-ethyl adjacent to an activating group) is 1. The smallest absolute Gasteiger partial charge is 0.220 e. The number of nitrogens with zero attached hydrogens (tertiary/aromatic N) is 2. The van der Waals surface area contributed by atoms with Gasteiger partial charge in [0.15, 0.2) is 0 Å². The Morgan fingerprint density at radius 1 is 1.06 bits per heavy atom. The first kappa shape index (κ1) is 11.9. The van der Waals surface area contributed by atoms with Crippen molar-refractivity contribution in [1.29, 1.82) is 0 Å². The van der Waals surface area contributed by atoms with E-state index in [1.54, 1.807) is 0 Å². The van der Waals surface area contributed by atoms with Crippen LogP contribution in [0.2, 0.25) is 0 Å². The Kier molecular flexibility index (Phi) is 3.82. The van der Waals surface area contributed by atoms with Crippen LogP contribution in [0.3, 0.4) is 0 Å². The predicted molar refractivity (Wildman–Crippen MR) is 64.0 cm³/mol. The van der Waals surface area contributed by atoms with Crippen LogP contribution in [0.25, 0.3) is 0 Å². The molecule has 0 aromatic rings. The molecule has 4 nitrogen and oxygen atoms in total. The third-order valence-corrected chi connectivity index (χ3v) is 4.15. The molecule has 4 heteroatoms. The number of hydrogen-bond donors (Lipinski definition) is 1. The van der Waals surface area contributed by atoms with E-state index in [2.05, 4.69) is 16.8 Å². The van der Waals surface area contributed by atoms with Crippen molar-refractivity contribution in [3.63, 3.8) is 0 Å². The van der Waals surface area contributed by atoms with Crippen LogP contribution < -0.4 is 5.73 Å². The summed E-state index contributed by atoms with van der Waals surface area (Å²) >= 11 is 0. The summed E-state index contributed by atoms with van der Waals surface area (Å²) in [5.74, 6) is 0.0422. The van der Waals surface area contributed by atoms with Gasteiger partial charge in [-0.15, -0.1) is 0 Å². The molecule has 0 spiro atoms. The molecule has 1 heterocycles. The third kappa shape index (κ3) is 2.74. The summed E-state index contributed by atoms with van der Waals surface area (Å²) < 4.78 is 0. The van der Waals surface area contributed by atoms with Gasteiger partial charge < -0.3 is 10.6 Å². The summed E-state index contributed by atoms with van der Waals surface area (Å²) in [6.07, 6.45) is 4.29. The first-order valence-corrected chi connectivity index (χ1v) is 6.38. The maximum Gasteiger partial charge on any atom is 0.220 e. The largest absolute Gasteiger partial charge is 0.369 e. The molecule has 2 rings (SSSR count). The number of amides is 1. The fourth-order valence-electron chi connectivity index (χ4n) is 2.91. The maximum atomic E-state index is 11.1. The van der Waals surface area contributed by atoms with Crippen molar-refractivity contribution in [2.75, 3.05) is 33.2 Å². The van der Waals surface area contributed by atoms with E-state index in [0.29, 0.717) is 6.04 Å². The third-order valence-electron chi connectivity index (χ3n) is 4.15. The average Bonchev–Trinajstić information content (AvgIpc) is 2.30. The minimum atomic E-state index is -0.100. The van der Waals surface area contributed by atoms with Gasteiger partial charge >= 0.3 is 0 Å². The minimum absolute atomic E-state index is 0.100. The number of rotatable bonds is 2. The SMILES string of the molecule is CN1CCN(C2CCC(C(N)=O)CC2)CC1. The molecular weight excluding hydrogens is 202 g/mol. The number of hydrogen-bond acceptors (Lipinski definition) is 3. The highest BCUT2D eigenvalue weighted by Gasteiger charge is 2.29.